The molecule has 94 valence electrons. The average Bonchev–Trinajstić information content (AvgIpc) is 2.38. The second-order valence-electron chi connectivity index (χ2n) is 4.04. The molecule has 1 aromatic rings. The average molecular weight is 235 g/mol. The summed E-state index contributed by atoms with van der Waals surface area (Å²) >= 11 is 0. The lowest BCUT2D eigenvalue weighted by molar-refractivity contribution is -0.107. The lowest BCUT2D eigenvalue weighted by Gasteiger charge is -2.10. The van der Waals surface area contributed by atoms with Crippen molar-refractivity contribution in [2.45, 2.75) is 32.1 Å². The Hall–Kier alpha value is -1.51. The van der Waals surface area contributed by atoms with Crippen molar-refractivity contribution in [1.29, 1.82) is 0 Å². The molecule has 0 bridgehead atoms. The van der Waals surface area contributed by atoms with Gasteiger partial charge in [0.15, 0.2) is 0 Å². The molecule has 0 amide bonds. The van der Waals surface area contributed by atoms with Gasteiger partial charge in [-0.2, -0.15) is 0 Å². The quantitative estimate of drug-likeness (QED) is 0.556. The first-order valence-electron chi connectivity index (χ1n) is 6.10. The number of rotatable bonds is 8. The SMILES string of the molecule is CNc1cc(OC)ccc1CCCCCC=O. The number of carbonyl (C=O) groups is 1. The molecule has 0 aliphatic rings. The van der Waals surface area contributed by atoms with Crippen molar-refractivity contribution in [3.8, 4) is 5.75 Å². The number of aryl methyl sites for hydroxylation is 1. The first kappa shape index (κ1) is 13.6. The molecule has 1 aromatic carbocycles. The van der Waals surface area contributed by atoms with Crippen molar-refractivity contribution in [2.75, 3.05) is 19.5 Å². The highest BCUT2D eigenvalue weighted by Crippen LogP contribution is 2.23. The van der Waals surface area contributed by atoms with Gasteiger partial charge in [-0.15, -0.1) is 0 Å². The Morgan fingerprint density at radius 3 is 2.76 bits per heavy atom. The zero-order chi connectivity index (χ0) is 12.5. The maximum Gasteiger partial charge on any atom is 0.120 e. The molecule has 0 aliphatic heterocycles. The maximum atomic E-state index is 10.2. The molecular formula is C14H21NO2. The Bertz CT molecular complexity index is 350. The monoisotopic (exact) mass is 235 g/mol. The highest BCUT2D eigenvalue weighted by atomic mass is 16.5. The molecule has 0 heterocycles. The first-order chi connectivity index (χ1) is 8.31. The zero-order valence-electron chi connectivity index (χ0n) is 10.7. The second-order valence-corrected chi connectivity index (χ2v) is 4.04. The van der Waals surface area contributed by atoms with E-state index in [1.165, 1.54) is 5.56 Å². The molecule has 0 radical (unpaired) electrons. The molecule has 3 heteroatoms. The molecule has 0 aromatic heterocycles. The number of hydrogen-bond donors (Lipinski definition) is 1. The standard InChI is InChI=1S/C14H21NO2/c1-15-14-11-13(17-2)9-8-12(14)7-5-3-4-6-10-16/h8-11,15H,3-7H2,1-2H3. The number of carbonyl (C=O) groups excluding carboxylic acids is 1. The van der Waals surface area contributed by atoms with Crippen molar-refractivity contribution < 1.29 is 9.53 Å². The molecule has 0 unspecified atom stereocenters. The second kappa shape index (κ2) is 7.71. The molecular weight excluding hydrogens is 214 g/mol. The molecule has 0 spiro atoms. The first-order valence-corrected chi connectivity index (χ1v) is 6.10. The van der Waals surface area contributed by atoms with Gasteiger partial charge in [-0.05, 0) is 30.9 Å². The van der Waals surface area contributed by atoms with Crippen LogP contribution in [0.15, 0.2) is 18.2 Å². The van der Waals surface area contributed by atoms with Crippen LogP contribution in [0.25, 0.3) is 0 Å². The highest BCUT2D eigenvalue weighted by molar-refractivity contribution is 5.54. The summed E-state index contributed by atoms with van der Waals surface area (Å²) in [4.78, 5) is 10.2. The van der Waals surface area contributed by atoms with Crippen LogP contribution in [0, 0.1) is 0 Å². The third-order valence-corrected chi connectivity index (χ3v) is 2.85. The van der Waals surface area contributed by atoms with Crippen LogP contribution in [0.5, 0.6) is 5.75 Å². The van der Waals surface area contributed by atoms with Gasteiger partial charge in [0.1, 0.15) is 12.0 Å². The Morgan fingerprint density at radius 2 is 2.12 bits per heavy atom. The van der Waals surface area contributed by atoms with E-state index in [4.69, 9.17) is 4.74 Å². The molecule has 1 N–H and O–H groups in total. The van der Waals surface area contributed by atoms with Gasteiger partial charge in [0, 0.05) is 25.2 Å². The van der Waals surface area contributed by atoms with Crippen LogP contribution in [-0.2, 0) is 11.2 Å². The van der Waals surface area contributed by atoms with E-state index in [1.807, 2.05) is 19.2 Å². The van der Waals surface area contributed by atoms with Gasteiger partial charge in [0.2, 0.25) is 0 Å². The minimum atomic E-state index is 0.682. The predicted octanol–water partition coefficient (Wildman–Crippen LogP) is 3.04. The Labute approximate surface area is 103 Å². The fraction of sp³-hybridized carbons (Fsp3) is 0.500. The van der Waals surface area contributed by atoms with Crippen LogP contribution < -0.4 is 10.1 Å². The van der Waals surface area contributed by atoms with E-state index in [0.29, 0.717) is 6.42 Å². The fourth-order valence-electron chi connectivity index (χ4n) is 1.85. The maximum absolute atomic E-state index is 10.2. The predicted molar refractivity (Wildman–Crippen MR) is 70.8 cm³/mol. The summed E-state index contributed by atoms with van der Waals surface area (Å²) in [6.45, 7) is 0. The zero-order valence-corrected chi connectivity index (χ0v) is 10.7. The topological polar surface area (TPSA) is 38.3 Å². The molecule has 17 heavy (non-hydrogen) atoms. The Balaban J connectivity index is 2.49. The number of hydrogen-bond acceptors (Lipinski definition) is 3. The minimum Gasteiger partial charge on any atom is -0.497 e. The third-order valence-electron chi connectivity index (χ3n) is 2.85. The van der Waals surface area contributed by atoms with E-state index >= 15 is 0 Å². The largest absolute Gasteiger partial charge is 0.497 e. The summed E-state index contributed by atoms with van der Waals surface area (Å²) < 4.78 is 5.19. The van der Waals surface area contributed by atoms with Crippen molar-refractivity contribution in [1.82, 2.24) is 0 Å². The molecule has 0 saturated heterocycles. The lowest BCUT2D eigenvalue weighted by atomic mass is 10.0. The van der Waals surface area contributed by atoms with Gasteiger partial charge in [0.05, 0.1) is 7.11 Å². The van der Waals surface area contributed by atoms with E-state index in [-0.39, 0.29) is 0 Å². The van der Waals surface area contributed by atoms with E-state index in [2.05, 4.69) is 11.4 Å². The number of nitrogens with one attached hydrogen (secondary N) is 1. The number of aldehydes is 1. The van der Waals surface area contributed by atoms with E-state index in [0.717, 1.165) is 43.4 Å². The number of ether oxygens (including phenoxy) is 1. The highest BCUT2D eigenvalue weighted by Gasteiger charge is 2.02. The molecule has 3 nitrogen and oxygen atoms in total. The van der Waals surface area contributed by atoms with Crippen LogP contribution in [-0.4, -0.2) is 20.4 Å². The normalized spacial score (nSPS) is 10.0. The summed E-state index contributed by atoms with van der Waals surface area (Å²) in [6, 6.07) is 6.10. The van der Waals surface area contributed by atoms with E-state index in [1.54, 1.807) is 7.11 Å². The number of unbranched alkanes of at least 4 members (excludes halogenated alkanes) is 3. The van der Waals surface area contributed by atoms with Crippen molar-refractivity contribution in [2.24, 2.45) is 0 Å². The van der Waals surface area contributed by atoms with Gasteiger partial charge >= 0.3 is 0 Å². The molecule has 0 saturated carbocycles. The number of anilines is 1. The van der Waals surface area contributed by atoms with Gasteiger partial charge < -0.3 is 14.8 Å². The summed E-state index contributed by atoms with van der Waals surface area (Å²) in [5.74, 6) is 0.874. The Morgan fingerprint density at radius 1 is 1.29 bits per heavy atom. The summed E-state index contributed by atoms with van der Waals surface area (Å²) in [6.07, 6.45) is 5.93. The lowest BCUT2D eigenvalue weighted by Crippen LogP contribution is -1.97. The van der Waals surface area contributed by atoms with Gasteiger partial charge in [-0.25, -0.2) is 0 Å². The van der Waals surface area contributed by atoms with E-state index < -0.39 is 0 Å². The Kier molecular flexibility index (Phi) is 6.15. The van der Waals surface area contributed by atoms with E-state index in [9.17, 15) is 4.79 Å². The molecule has 0 fully saturated rings. The van der Waals surface area contributed by atoms with Crippen LogP contribution >= 0.6 is 0 Å². The molecule has 0 atom stereocenters. The van der Waals surface area contributed by atoms with Gasteiger partial charge in [-0.3, -0.25) is 0 Å². The smallest absolute Gasteiger partial charge is 0.120 e. The number of benzene rings is 1. The van der Waals surface area contributed by atoms with Gasteiger partial charge in [0.25, 0.3) is 0 Å². The molecule has 0 aliphatic carbocycles. The summed E-state index contributed by atoms with van der Waals surface area (Å²) in [7, 11) is 3.60. The van der Waals surface area contributed by atoms with Crippen molar-refractivity contribution in [3.05, 3.63) is 23.8 Å². The number of methoxy groups -OCH3 is 1. The van der Waals surface area contributed by atoms with Crippen LogP contribution in [0.3, 0.4) is 0 Å². The van der Waals surface area contributed by atoms with Crippen molar-refractivity contribution in [3.63, 3.8) is 0 Å². The minimum absolute atomic E-state index is 0.682. The molecule has 1 rings (SSSR count). The van der Waals surface area contributed by atoms with Crippen LogP contribution in [0.1, 0.15) is 31.2 Å². The summed E-state index contributed by atoms with van der Waals surface area (Å²) in [5.41, 5.74) is 2.43. The van der Waals surface area contributed by atoms with Crippen molar-refractivity contribution >= 4 is 12.0 Å². The van der Waals surface area contributed by atoms with Crippen LogP contribution in [0.2, 0.25) is 0 Å². The van der Waals surface area contributed by atoms with Crippen LogP contribution in [0.4, 0.5) is 5.69 Å². The summed E-state index contributed by atoms with van der Waals surface area (Å²) in [5, 5.41) is 3.19. The van der Waals surface area contributed by atoms with Gasteiger partial charge in [-0.1, -0.05) is 12.5 Å². The fourth-order valence-corrected chi connectivity index (χ4v) is 1.85. The third kappa shape index (κ3) is 4.47.